The van der Waals surface area contributed by atoms with Crippen LogP contribution in [0.4, 0.5) is 5.69 Å². The van der Waals surface area contributed by atoms with Crippen molar-refractivity contribution in [3.8, 4) is 0 Å². The first kappa shape index (κ1) is 15.3. The van der Waals surface area contributed by atoms with E-state index in [-0.39, 0.29) is 12.5 Å². The van der Waals surface area contributed by atoms with Gasteiger partial charge in [-0.2, -0.15) is 0 Å². The summed E-state index contributed by atoms with van der Waals surface area (Å²) in [5, 5.41) is 8.99. The van der Waals surface area contributed by atoms with E-state index in [9.17, 15) is 4.79 Å². The lowest BCUT2D eigenvalue weighted by Crippen LogP contribution is -2.45. The number of hydrogen-bond acceptors (Lipinski definition) is 3. The van der Waals surface area contributed by atoms with Crippen molar-refractivity contribution < 1.29 is 9.90 Å². The number of amides is 1. The minimum Gasteiger partial charge on any atom is -0.395 e. The largest absolute Gasteiger partial charge is 0.395 e. The first-order chi connectivity index (χ1) is 10.7. The third-order valence-corrected chi connectivity index (χ3v) is 5.13. The number of piperidine rings is 1. The Morgan fingerprint density at radius 1 is 1.23 bits per heavy atom. The Balaban J connectivity index is 1.67. The molecule has 1 aromatic carbocycles. The minimum absolute atomic E-state index is 0.133. The second-order valence-electron chi connectivity index (χ2n) is 6.80. The summed E-state index contributed by atoms with van der Waals surface area (Å²) >= 11 is 0. The summed E-state index contributed by atoms with van der Waals surface area (Å²) in [4.78, 5) is 16.8. The molecule has 1 aliphatic carbocycles. The molecule has 0 unspecified atom stereocenters. The summed E-state index contributed by atoms with van der Waals surface area (Å²) in [6, 6.07) is 7.76. The Morgan fingerprint density at radius 3 is 2.45 bits per heavy atom. The second-order valence-corrected chi connectivity index (χ2v) is 6.80. The average Bonchev–Trinajstić information content (AvgIpc) is 2.54. The van der Waals surface area contributed by atoms with E-state index in [2.05, 4.69) is 4.90 Å². The second kappa shape index (κ2) is 6.69. The zero-order valence-corrected chi connectivity index (χ0v) is 13.4. The maximum Gasteiger partial charge on any atom is 0.253 e. The van der Waals surface area contributed by atoms with Crippen LogP contribution in [0.2, 0.25) is 0 Å². The molecule has 120 valence electrons. The highest BCUT2D eigenvalue weighted by Crippen LogP contribution is 2.34. The van der Waals surface area contributed by atoms with E-state index in [4.69, 9.17) is 5.11 Å². The van der Waals surface area contributed by atoms with E-state index < -0.39 is 0 Å². The van der Waals surface area contributed by atoms with Crippen LogP contribution in [0.1, 0.15) is 36.0 Å². The molecule has 1 amide bonds. The topological polar surface area (TPSA) is 43.8 Å². The van der Waals surface area contributed by atoms with Crippen LogP contribution < -0.4 is 4.90 Å². The number of carbonyl (C=O) groups excluding carboxylic acids is 1. The molecule has 1 aliphatic heterocycles. The lowest BCUT2D eigenvalue weighted by Gasteiger charge is -2.41. The molecular formula is C18H26N2O2. The number of rotatable bonds is 4. The van der Waals surface area contributed by atoms with E-state index in [0.717, 1.165) is 24.3 Å². The van der Waals surface area contributed by atoms with Gasteiger partial charge in [-0.25, -0.2) is 0 Å². The molecule has 2 bridgehead atoms. The fourth-order valence-electron chi connectivity index (χ4n) is 3.92. The predicted octanol–water partition coefficient (Wildman–Crippen LogP) is 2.38. The fourth-order valence-corrected chi connectivity index (χ4v) is 3.92. The van der Waals surface area contributed by atoms with Crippen molar-refractivity contribution in [2.24, 2.45) is 11.8 Å². The van der Waals surface area contributed by atoms with Gasteiger partial charge in [0.05, 0.1) is 6.61 Å². The monoisotopic (exact) mass is 302 g/mol. The van der Waals surface area contributed by atoms with Crippen molar-refractivity contribution in [2.45, 2.75) is 25.7 Å². The Kier molecular flexibility index (Phi) is 4.67. The van der Waals surface area contributed by atoms with Crippen molar-refractivity contribution in [3.05, 3.63) is 29.8 Å². The number of aliphatic hydroxyl groups excluding tert-OH is 1. The lowest BCUT2D eigenvalue weighted by atomic mass is 9.78. The van der Waals surface area contributed by atoms with Gasteiger partial charge in [-0.05, 0) is 55.4 Å². The molecule has 0 spiro atoms. The molecule has 3 rings (SSSR count). The number of carbonyl (C=O) groups is 1. The van der Waals surface area contributed by atoms with Crippen molar-refractivity contribution in [3.63, 3.8) is 0 Å². The molecule has 1 aromatic rings. The van der Waals surface area contributed by atoms with Crippen LogP contribution in [0.15, 0.2) is 24.3 Å². The molecule has 4 heteroatoms. The van der Waals surface area contributed by atoms with Gasteiger partial charge in [0.1, 0.15) is 0 Å². The zero-order valence-electron chi connectivity index (χ0n) is 13.4. The fraction of sp³-hybridized carbons (Fsp3) is 0.611. The van der Waals surface area contributed by atoms with Gasteiger partial charge in [0.25, 0.3) is 5.91 Å². The molecule has 2 atom stereocenters. The standard InChI is InChI=1S/C18H26N2O2/c1-19(9-10-21)17-7-5-16(6-8-17)18(22)20-12-14-3-2-4-15(11-14)13-20/h5-8,14-15,21H,2-4,9-13H2,1H3/t14-,15-/m0/s1. The van der Waals surface area contributed by atoms with Crippen molar-refractivity contribution in [1.29, 1.82) is 0 Å². The predicted molar refractivity (Wildman–Crippen MR) is 88.1 cm³/mol. The van der Waals surface area contributed by atoms with E-state index in [0.29, 0.717) is 18.4 Å². The number of aliphatic hydroxyl groups is 1. The maximum atomic E-state index is 12.7. The summed E-state index contributed by atoms with van der Waals surface area (Å²) < 4.78 is 0. The van der Waals surface area contributed by atoms with Gasteiger partial charge < -0.3 is 14.9 Å². The van der Waals surface area contributed by atoms with E-state index in [1.807, 2.05) is 36.2 Å². The van der Waals surface area contributed by atoms with Crippen LogP contribution in [0.25, 0.3) is 0 Å². The zero-order chi connectivity index (χ0) is 15.5. The van der Waals surface area contributed by atoms with Gasteiger partial charge in [0, 0.05) is 37.9 Å². The number of nitrogens with zero attached hydrogens (tertiary/aromatic N) is 2. The van der Waals surface area contributed by atoms with Gasteiger partial charge in [0.2, 0.25) is 0 Å². The number of benzene rings is 1. The molecule has 1 saturated heterocycles. The molecule has 0 aromatic heterocycles. The number of hydrogen-bond donors (Lipinski definition) is 1. The smallest absolute Gasteiger partial charge is 0.253 e. The van der Waals surface area contributed by atoms with Crippen LogP contribution in [-0.4, -0.2) is 49.2 Å². The van der Waals surface area contributed by atoms with E-state index in [1.165, 1.54) is 25.7 Å². The SMILES string of the molecule is CN(CCO)c1ccc(C(=O)N2C[C@H]3CCC[C@@H](C3)C2)cc1. The quantitative estimate of drug-likeness (QED) is 0.928. The van der Waals surface area contributed by atoms with Crippen LogP contribution in [0.5, 0.6) is 0 Å². The van der Waals surface area contributed by atoms with Crippen LogP contribution in [-0.2, 0) is 0 Å². The number of likely N-dealkylation sites (N-methyl/N-ethyl adjacent to an activating group) is 1. The van der Waals surface area contributed by atoms with Crippen molar-refractivity contribution >= 4 is 11.6 Å². The minimum atomic E-state index is 0.133. The molecule has 2 aliphatic rings. The average molecular weight is 302 g/mol. The Bertz CT molecular complexity index is 502. The highest BCUT2D eigenvalue weighted by molar-refractivity contribution is 5.94. The molecule has 2 fully saturated rings. The summed E-state index contributed by atoms with van der Waals surface area (Å²) in [5.41, 5.74) is 1.81. The van der Waals surface area contributed by atoms with Crippen molar-refractivity contribution in [2.75, 3.05) is 38.2 Å². The van der Waals surface area contributed by atoms with Crippen LogP contribution in [0.3, 0.4) is 0 Å². The highest BCUT2D eigenvalue weighted by Gasteiger charge is 2.32. The molecule has 1 saturated carbocycles. The molecule has 0 radical (unpaired) electrons. The van der Waals surface area contributed by atoms with Gasteiger partial charge >= 0.3 is 0 Å². The first-order valence-electron chi connectivity index (χ1n) is 8.38. The molecule has 1 N–H and O–H groups in total. The first-order valence-corrected chi connectivity index (χ1v) is 8.38. The number of fused-ring (bicyclic) bond motifs is 2. The highest BCUT2D eigenvalue weighted by atomic mass is 16.3. The van der Waals surface area contributed by atoms with E-state index >= 15 is 0 Å². The number of anilines is 1. The normalized spacial score (nSPS) is 24.2. The number of likely N-dealkylation sites (tertiary alicyclic amines) is 1. The van der Waals surface area contributed by atoms with Gasteiger partial charge in [-0.1, -0.05) is 6.42 Å². The summed E-state index contributed by atoms with van der Waals surface area (Å²) in [6.07, 6.45) is 5.22. The lowest BCUT2D eigenvalue weighted by molar-refractivity contribution is 0.0504. The molecular weight excluding hydrogens is 276 g/mol. The summed E-state index contributed by atoms with van der Waals surface area (Å²) in [7, 11) is 1.94. The molecule has 4 nitrogen and oxygen atoms in total. The summed E-state index contributed by atoms with van der Waals surface area (Å²) in [5.74, 6) is 1.60. The third-order valence-electron chi connectivity index (χ3n) is 5.13. The Morgan fingerprint density at radius 2 is 1.86 bits per heavy atom. The van der Waals surface area contributed by atoms with Gasteiger partial charge in [-0.15, -0.1) is 0 Å². The van der Waals surface area contributed by atoms with Crippen LogP contribution >= 0.6 is 0 Å². The molecule has 1 heterocycles. The Labute approximate surface area is 132 Å². The van der Waals surface area contributed by atoms with Gasteiger partial charge in [-0.3, -0.25) is 4.79 Å². The summed E-state index contributed by atoms with van der Waals surface area (Å²) in [6.45, 7) is 2.60. The van der Waals surface area contributed by atoms with Gasteiger partial charge in [0.15, 0.2) is 0 Å². The molecule has 22 heavy (non-hydrogen) atoms. The van der Waals surface area contributed by atoms with E-state index in [1.54, 1.807) is 0 Å². The van der Waals surface area contributed by atoms with Crippen LogP contribution in [0, 0.1) is 11.8 Å². The third kappa shape index (κ3) is 3.27. The Hall–Kier alpha value is -1.55. The maximum absolute atomic E-state index is 12.7. The van der Waals surface area contributed by atoms with Crippen molar-refractivity contribution in [1.82, 2.24) is 4.90 Å².